The number of aliphatic hydroxyl groups is 1. The molecule has 0 aliphatic carbocycles. The average molecular weight is 434 g/mol. The second-order valence-electron chi connectivity index (χ2n) is 7.61. The highest BCUT2D eigenvalue weighted by Crippen LogP contribution is 2.25. The van der Waals surface area contributed by atoms with Crippen molar-refractivity contribution in [3.8, 4) is 11.8 Å². The van der Waals surface area contributed by atoms with E-state index in [2.05, 4.69) is 11.9 Å². The first-order valence-corrected chi connectivity index (χ1v) is 10.6. The van der Waals surface area contributed by atoms with Crippen molar-refractivity contribution < 1.29 is 9.84 Å². The molecule has 0 unspecified atom stereocenters. The van der Waals surface area contributed by atoms with E-state index in [0.717, 1.165) is 16.6 Å². The number of imidazole rings is 1. The highest BCUT2D eigenvalue weighted by Gasteiger charge is 2.21. The summed E-state index contributed by atoms with van der Waals surface area (Å²) >= 11 is 0. The Labute approximate surface area is 185 Å². The van der Waals surface area contributed by atoms with Crippen molar-refractivity contribution in [3.05, 3.63) is 86.6 Å². The number of nitrogens with zero attached hydrogens (tertiary/aromatic N) is 4. The first-order chi connectivity index (χ1) is 15.5. The summed E-state index contributed by atoms with van der Waals surface area (Å²) in [6.45, 7) is 2.45. The Morgan fingerprint density at radius 1 is 0.969 bits per heavy atom. The van der Waals surface area contributed by atoms with Crippen LogP contribution in [0.4, 0.5) is 0 Å². The molecule has 0 fully saturated rings. The SMILES string of the molecule is CCc1ccc(Oc2nc3c(c(=O)n(CCCO)c(=O)n3C)n2Cc2ccccc2)cc1. The van der Waals surface area contributed by atoms with Crippen molar-refractivity contribution >= 4 is 11.2 Å². The van der Waals surface area contributed by atoms with Gasteiger partial charge in [-0.2, -0.15) is 4.98 Å². The standard InChI is InChI=1S/C24H26N4O4/c1-3-17-10-12-19(13-11-17)32-23-25-21-20(28(23)16-18-8-5-4-6-9-18)22(30)27(14-7-15-29)24(31)26(21)2/h4-6,8-13,29H,3,7,14-16H2,1-2H3. The van der Waals surface area contributed by atoms with E-state index < -0.39 is 11.2 Å². The Morgan fingerprint density at radius 3 is 2.34 bits per heavy atom. The summed E-state index contributed by atoms with van der Waals surface area (Å²) in [7, 11) is 1.58. The lowest BCUT2D eigenvalue weighted by Crippen LogP contribution is -2.39. The van der Waals surface area contributed by atoms with Crippen LogP contribution < -0.4 is 16.0 Å². The number of aryl methyl sites for hydroxylation is 2. The first kappa shape index (κ1) is 21.6. The van der Waals surface area contributed by atoms with Crippen LogP contribution in [0.1, 0.15) is 24.5 Å². The van der Waals surface area contributed by atoms with Crippen LogP contribution in [0.15, 0.2) is 64.2 Å². The summed E-state index contributed by atoms with van der Waals surface area (Å²) in [5.41, 5.74) is 1.78. The fraction of sp³-hybridized carbons (Fsp3) is 0.292. The zero-order chi connectivity index (χ0) is 22.7. The lowest BCUT2D eigenvalue weighted by Gasteiger charge is -2.11. The van der Waals surface area contributed by atoms with E-state index in [1.165, 1.54) is 10.1 Å². The van der Waals surface area contributed by atoms with Gasteiger partial charge in [-0.25, -0.2) is 4.79 Å². The number of benzene rings is 2. The third-order valence-electron chi connectivity index (χ3n) is 5.46. The van der Waals surface area contributed by atoms with Gasteiger partial charge in [0.1, 0.15) is 5.75 Å². The Morgan fingerprint density at radius 2 is 1.69 bits per heavy atom. The van der Waals surface area contributed by atoms with Crippen LogP contribution in [0.2, 0.25) is 0 Å². The van der Waals surface area contributed by atoms with Crippen LogP contribution in [-0.4, -0.2) is 30.4 Å². The summed E-state index contributed by atoms with van der Waals surface area (Å²) < 4.78 is 10.3. The maximum Gasteiger partial charge on any atom is 0.332 e. The van der Waals surface area contributed by atoms with Gasteiger partial charge in [-0.05, 0) is 36.1 Å². The largest absolute Gasteiger partial charge is 0.425 e. The van der Waals surface area contributed by atoms with Crippen molar-refractivity contribution in [3.63, 3.8) is 0 Å². The lowest BCUT2D eigenvalue weighted by molar-refractivity contribution is 0.277. The zero-order valence-electron chi connectivity index (χ0n) is 18.2. The molecule has 0 atom stereocenters. The van der Waals surface area contributed by atoms with Gasteiger partial charge in [0.15, 0.2) is 11.2 Å². The summed E-state index contributed by atoms with van der Waals surface area (Å²) in [6.07, 6.45) is 1.23. The molecule has 0 aliphatic heterocycles. The van der Waals surface area contributed by atoms with Gasteiger partial charge in [0, 0.05) is 20.2 Å². The minimum atomic E-state index is -0.473. The van der Waals surface area contributed by atoms with Gasteiger partial charge in [-0.1, -0.05) is 49.4 Å². The van der Waals surface area contributed by atoms with Crippen LogP contribution in [0.25, 0.3) is 11.2 Å². The van der Waals surface area contributed by atoms with E-state index in [4.69, 9.17) is 4.74 Å². The van der Waals surface area contributed by atoms with Gasteiger partial charge in [-0.3, -0.25) is 18.5 Å². The van der Waals surface area contributed by atoms with Crippen LogP contribution in [-0.2, 0) is 26.6 Å². The molecule has 0 radical (unpaired) electrons. The number of hydrogen-bond donors (Lipinski definition) is 1. The van der Waals surface area contributed by atoms with Crippen LogP contribution in [0.5, 0.6) is 11.8 Å². The first-order valence-electron chi connectivity index (χ1n) is 10.6. The molecule has 2 aromatic heterocycles. The van der Waals surface area contributed by atoms with Gasteiger partial charge in [-0.15, -0.1) is 0 Å². The predicted molar refractivity (Wildman–Crippen MR) is 122 cm³/mol. The fourth-order valence-electron chi connectivity index (χ4n) is 3.67. The molecule has 0 aliphatic rings. The van der Waals surface area contributed by atoms with E-state index in [1.54, 1.807) is 11.6 Å². The summed E-state index contributed by atoms with van der Waals surface area (Å²) in [6, 6.07) is 17.6. The molecule has 4 rings (SSSR count). The second-order valence-corrected chi connectivity index (χ2v) is 7.61. The molecule has 0 amide bonds. The zero-order valence-corrected chi connectivity index (χ0v) is 18.2. The van der Waals surface area contributed by atoms with Crippen molar-refractivity contribution in [1.29, 1.82) is 0 Å². The molecule has 2 heterocycles. The summed E-state index contributed by atoms with van der Waals surface area (Å²) in [5.74, 6) is 0.595. The minimum Gasteiger partial charge on any atom is -0.425 e. The van der Waals surface area contributed by atoms with E-state index in [1.807, 2.05) is 54.6 Å². The van der Waals surface area contributed by atoms with Crippen molar-refractivity contribution in [2.75, 3.05) is 6.61 Å². The van der Waals surface area contributed by atoms with Gasteiger partial charge in [0.25, 0.3) is 5.56 Å². The minimum absolute atomic E-state index is 0.112. The number of aliphatic hydroxyl groups excluding tert-OH is 1. The normalized spacial score (nSPS) is 11.2. The molecular weight excluding hydrogens is 408 g/mol. The molecule has 8 heteroatoms. The highest BCUT2D eigenvalue weighted by molar-refractivity contribution is 5.72. The number of ether oxygens (including phenoxy) is 1. The maximum atomic E-state index is 13.3. The molecular formula is C24H26N4O4. The Kier molecular flexibility index (Phi) is 6.23. The molecule has 2 aromatic carbocycles. The lowest BCUT2D eigenvalue weighted by atomic mass is 10.2. The molecule has 0 saturated heterocycles. The van der Waals surface area contributed by atoms with Gasteiger partial charge < -0.3 is 9.84 Å². The topological polar surface area (TPSA) is 91.3 Å². The number of aromatic nitrogens is 4. The molecule has 4 aromatic rings. The van der Waals surface area contributed by atoms with Gasteiger partial charge in [0.05, 0.1) is 6.54 Å². The smallest absolute Gasteiger partial charge is 0.332 e. The molecule has 8 nitrogen and oxygen atoms in total. The van der Waals surface area contributed by atoms with E-state index in [-0.39, 0.29) is 30.3 Å². The number of rotatable bonds is 8. The van der Waals surface area contributed by atoms with Gasteiger partial charge >= 0.3 is 11.7 Å². The third-order valence-corrected chi connectivity index (χ3v) is 5.46. The average Bonchev–Trinajstić information content (AvgIpc) is 3.17. The highest BCUT2D eigenvalue weighted by atomic mass is 16.5. The van der Waals surface area contributed by atoms with Crippen molar-refractivity contribution in [2.24, 2.45) is 7.05 Å². The molecule has 166 valence electrons. The number of fused-ring (bicyclic) bond motifs is 1. The van der Waals surface area contributed by atoms with Crippen LogP contribution in [0, 0.1) is 0 Å². The molecule has 0 spiro atoms. The summed E-state index contributed by atoms with van der Waals surface area (Å²) in [4.78, 5) is 30.6. The monoisotopic (exact) mass is 434 g/mol. The Balaban J connectivity index is 1.90. The van der Waals surface area contributed by atoms with Crippen molar-refractivity contribution in [2.45, 2.75) is 32.9 Å². The maximum absolute atomic E-state index is 13.3. The molecule has 0 saturated carbocycles. The number of hydrogen-bond acceptors (Lipinski definition) is 5. The summed E-state index contributed by atoms with van der Waals surface area (Å²) in [5, 5.41) is 9.19. The predicted octanol–water partition coefficient (Wildman–Crippen LogP) is 2.68. The van der Waals surface area contributed by atoms with Crippen molar-refractivity contribution in [1.82, 2.24) is 18.7 Å². The van der Waals surface area contributed by atoms with Crippen LogP contribution in [0.3, 0.4) is 0 Å². The molecule has 32 heavy (non-hydrogen) atoms. The van der Waals surface area contributed by atoms with E-state index >= 15 is 0 Å². The second kappa shape index (κ2) is 9.23. The third kappa shape index (κ3) is 4.09. The molecule has 0 bridgehead atoms. The molecule has 1 N–H and O–H groups in total. The van der Waals surface area contributed by atoms with Crippen LogP contribution >= 0.6 is 0 Å². The quantitative estimate of drug-likeness (QED) is 0.460. The fourth-order valence-corrected chi connectivity index (χ4v) is 3.67. The van der Waals surface area contributed by atoms with E-state index in [0.29, 0.717) is 18.7 Å². The Bertz CT molecular complexity index is 1340. The van der Waals surface area contributed by atoms with Gasteiger partial charge in [0.2, 0.25) is 0 Å². The Hall–Kier alpha value is -3.65. The van der Waals surface area contributed by atoms with E-state index in [9.17, 15) is 14.7 Å².